The molecule has 0 aliphatic heterocycles. The standard InChI is InChI=1S/C15H19F3N2O2S/c1-14(2,3)7-4-5-8-9(6-7)23-12(10(8)11(19)21)20-13(22)15(16,17)18/h7H,4-6H2,1-3H3,(H2,19,21)(H,20,22). The van der Waals surface area contributed by atoms with E-state index < -0.39 is 18.0 Å². The zero-order valence-corrected chi connectivity index (χ0v) is 14.0. The molecule has 23 heavy (non-hydrogen) atoms. The minimum atomic E-state index is -5.01. The van der Waals surface area contributed by atoms with Crippen molar-refractivity contribution >= 4 is 28.2 Å². The number of thiophene rings is 1. The maximum Gasteiger partial charge on any atom is 0.471 e. The zero-order chi connectivity index (χ0) is 17.6. The molecule has 2 amide bonds. The minimum absolute atomic E-state index is 0.0231. The fourth-order valence-electron chi connectivity index (χ4n) is 2.85. The first kappa shape index (κ1) is 17.8. The van der Waals surface area contributed by atoms with Crippen LogP contribution in [0.3, 0.4) is 0 Å². The van der Waals surface area contributed by atoms with E-state index in [1.807, 2.05) is 0 Å². The molecule has 1 aliphatic carbocycles. The van der Waals surface area contributed by atoms with Crippen molar-refractivity contribution in [3.05, 3.63) is 16.0 Å². The molecule has 0 saturated heterocycles. The molecule has 0 radical (unpaired) electrons. The number of hydrogen-bond donors (Lipinski definition) is 2. The highest BCUT2D eigenvalue weighted by Crippen LogP contribution is 2.44. The van der Waals surface area contributed by atoms with Crippen LogP contribution < -0.4 is 11.1 Å². The number of halogens is 3. The van der Waals surface area contributed by atoms with Crippen LogP contribution in [0.4, 0.5) is 18.2 Å². The Morgan fingerprint density at radius 3 is 2.35 bits per heavy atom. The maximum atomic E-state index is 12.4. The van der Waals surface area contributed by atoms with E-state index in [-0.39, 0.29) is 16.0 Å². The average molecular weight is 348 g/mol. The molecule has 8 heteroatoms. The lowest BCUT2D eigenvalue weighted by Gasteiger charge is -2.33. The maximum absolute atomic E-state index is 12.4. The molecule has 0 fully saturated rings. The van der Waals surface area contributed by atoms with E-state index in [1.54, 1.807) is 5.32 Å². The Balaban J connectivity index is 2.37. The monoisotopic (exact) mass is 348 g/mol. The molecule has 0 bridgehead atoms. The van der Waals surface area contributed by atoms with Crippen molar-refractivity contribution in [3.8, 4) is 0 Å². The van der Waals surface area contributed by atoms with Gasteiger partial charge in [0.25, 0.3) is 5.91 Å². The molecule has 0 aromatic carbocycles. The molecule has 2 rings (SSSR count). The van der Waals surface area contributed by atoms with Crippen molar-refractivity contribution in [2.45, 2.75) is 46.2 Å². The van der Waals surface area contributed by atoms with E-state index in [0.29, 0.717) is 24.3 Å². The average Bonchev–Trinajstić information content (AvgIpc) is 2.73. The summed E-state index contributed by atoms with van der Waals surface area (Å²) in [6.45, 7) is 6.33. The third-order valence-electron chi connectivity index (χ3n) is 4.22. The highest BCUT2D eigenvalue weighted by atomic mass is 32.1. The van der Waals surface area contributed by atoms with Crippen LogP contribution in [0, 0.1) is 11.3 Å². The van der Waals surface area contributed by atoms with Crippen molar-refractivity contribution in [1.29, 1.82) is 0 Å². The second-order valence-corrected chi connectivity index (χ2v) is 7.93. The van der Waals surface area contributed by atoms with Crippen LogP contribution >= 0.6 is 11.3 Å². The summed E-state index contributed by atoms with van der Waals surface area (Å²) in [6.07, 6.45) is -2.92. The molecule has 4 nitrogen and oxygen atoms in total. The van der Waals surface area contributed by atoms with Crippen LogP contribution in [0.5, 0.6) is 0 Å². The van der Waals surface area contributed by atoms with Gasteiger partial charge >= 0.3 is 12.1 Å². The molecular weight excluding hydrogens is 329 g/mol. The summed E-state index contributed by atoms with van der Waals surface area (Å²) >= 11 is 1.02. The fourth-order valence-corrected chi connectivity index (χ4v) is 4.18. The predicted molar refractivity (Wildman–Crippen MR) is 82.5 cm³/mol. The van der Waals surface area contributed by atoms with E-state index in [1.165, 1.54) is 0 Å². The number of fused-ring (bicyclic) bond motifs is 1. The van der Waals surface area contributed by atoms with E-state index in [4.69, 9.17) is 5.73 Å². The minimum Gasteiger partial charge on any atom is -0.365 e. The quantitative estimate of drug-likeness (QED) is 0.859. The molecule has 3 N–H and O–H groups in total. The second-order valence-electron chi connectivity index (χ2n) is 6.83. The van der Waals surface area contributed by atoms with Crippen LogP contribution in [0.15, 0.2) is 0 Å². The normalized spacial score (nSPS) is 18.4. The molecule has 0 saturated carbocycles. The third-order valence-corrected chi connectivity index (χ3v) is 5.39. The first-order valence-corrected chi connectivity index (χ1v) is 8.05. The van der Waals surface area contributed by atoms with Crippen molar-refractivity contribution in [3.63, 3.8) is 0 Å². The van der Waals surface area contributed by atoms with Gasteiger partial charge in [0.15, 0.2) is 0 Å². The largest absolute Gasteiger partial charge is 0.471 e. The number of nitrogens with one attached hydrogen (secondary N) is 1. The number of anilines is 1. The van der Waals surface area contributed by atoms with Gasteiger partial charge < -0.3 is 11.1 Å². The Bertz CT molecular complexity index is 644. The molecule has 1 aromatic rings. The third kappa shape index (κ3) is 3.68. The van der Waals surface area contributed by atoms with Gasteiger partial charge in [-0.3, -0.25) is 9.59 Å². The lowest BCUT2D eigenvalue weighted by atomic mass is 9.72. The van der Waals surface area contributed by atoms with E-state index in [0.717, 1.165) is 22.6 Å². The first-order valence-electron chi connectivity index (χ1n) is 7.23. The summed E-state index contributed by atoms with van der Waals surface area (Å²) in [7, 11) is 0. The number of alkyl halides is 3. The van der Waals surface area contributed by atoms with Gasteiger partial charge in [-0.25, -0.2) is 0 Å². The SMILES string of the molecule is CC(C)(C)C1CCc2c(sc(NC(=O)C(F)(F)F)c2C(N)=O)C1. The Labute approximate surface area is 136 Å². The lowest BCUT2D eigenvalue weighted by Crippen LogP contribution is -2.30. The molecule has 1 aliphatic rings. The van der Waals surface area contributed by atoms with Gasteiger partial charge in [0.05, 0.1) is 5.56 Å². The van der Waals surface area contributed by atoms with Crippen molar-refractivity contribution in [2.75, 3.05) is 5.32 Å². The summed E-state index contributed by atoms with van der Waals surface area (Å²) in [5.41, 5.74) is 6.09. The second kappa shape index (κ2) is 5.81. The smallest absolute Gasteiger partial charge is 0.365 e. The highest BCUT2D eigenvalue weighted by Gasteiger charge is 2.40. The molecule has 1 atom stereocenters. The highest BCUT2D eigenvalue weighted by molar-refractivity contribution is 7.17. The molecule has 0 spiro atoms. The summed E-state index contributed by atoms with van der Waals surface area (Å²) in [6, 6.07) is 0. The van der Waals surface area contributed by atoms with E-state index >= 15 is 0 Å². The van der Waals surface area contributed by atoms with Crippen molar-refractivity contribution in [1.82, 2.24) is 0 Å². The molecule has 1 unspecified atom stereocenters. The summed E-state index contributed by atoms with van der Waals surface area (Å²) in [5, 5.41) is 1.70. The Hall–Kier alpha value is -1.57. The van der Waals surface area contributed by atoms with Crippen LogP contribution in [0.25, 0.3) is 0 Å². The number of primary amides is 1. The molecule has 128 valence electrons. The van der Waals surface area contributed by atoms with E-state index in [9.17, 15) is 22.8 Å². The molecule has 1 aromatic heterocycles. The van der Waals surface area contributed by atoms with Gasteiger partial charge in [0.2, 0.25) is 0 Å². The van der Waals surface area contributed by atoms with Gasteiger partial charge in [-0.2, -0.15) is 13.2 Å². The first-order chi connectivity index (χ1) is 10.4. The van der Waals surface area contributed by atoms with Gasteiger partial charge in [0.1, 0.15) is 5.00 Å². The van der Waals surface area contributed by atoms with Crippen LogP contribution in [-0.4, -0.2) is 18.0 Å². The van der Waals surface area contributed by atoms with Crippen molar-refractivity contribution in [2.24, 2.45) is 17.1 Å². The predicted octanol–water partition coefficient (Wildman–Crippen LogP) is 3.50. The Morgan fingerprint density at radius 2 is 1.87 bits per heavy atom. The number of hydrogen-bond acceptors (Lipinski definition) is 3. The number of carbonyl (C=O) groups excluding carboxylic acids is 2. The van der Waals surface area contributed by atoms with Gasteiger partial charge in [-0.05, 0) is 36.2 Å². The van der Waals surface area contributed by atoms with E-state index in [2.05, 4.69) is 20.8 Å². The summed E-state index contributed by atoms with van der Waals surface area (Å²) in [5.74, 6) is -2.54. The van der Waals surface area contributed by atoms with Crippen LogP contribution in [0.2, 0.25) is 0 Å². The Morgan fingerprint density at radius 1 is 1.26 bits per heavy atom. The summed E-state index contributed by atoms with van der Waals surface area (Å²) < 4.78 is 37.3. The number of nitrogens with two attached hydrogens (primary N) is 1. The topological polar surface area (TPSA) is 72.2 Å². The van der Waals surface area contributed by atoms with Gasteiger partial charge in [-0.15, -0.1) is 11.3 Å². The zero-order valence-electron chi connectivity index (χ0n) is 13.1. The van der Waals surface area contributed by atoms with Crippen LogP contribution in [0.1, 0.15) is 48.0 Å². The number of rotatable bonds is 2. The number of amides is 2. The van der Waals surface area contributed by atoms with Crippen LogP contribution in [-0.2, 0) is 17.6 Å². The van der Waals surface area contributed by atoms with Crippen molar-refractivity contribution < 1.29 is 22.8 Å². The molecular formula is C15H19F3N2O2S. The van der Waals surface area contributed by atoms with Gasteiger partial charge in [-0.1, -0.05) is 20.8 Å². The molecule has 1 heterocycles. The van der Waals surface area contributed by atoms with Gasteiger partial charge in [0, 0.05) is 4.88 Å². The Kier molecular flexibility index (Phi) is 4.49. The summed E-state index contributed by atoms with van der Waals surface area (Å²) in [4.78, 5) is 23.7. The lowest BCUT2D eigenvalue weighted by molar-refractivity contribution is -0.167. The number of carbonyl (C=O) groups is 2. The fraction of sp³-hybridized carbons (Fsp3) is 0.600.